The minimum absolute atomic E-state index is 0.0920. The summed E-state index contributed by atoms with van der Waals surface area (Å²) in [5, 5.41) is 19.8. The Morgan fingerprint density at radius 1 is 1.18 bits per heavy atom. The number of phenols is 1. The Bertz CT molecular complexity index is 1370. The van der Waals surface area contributed by atoms with Crippen LogP contribution in [0.3, 0.4) is 0 Å². The number of nitrogens with one attached hydrogen (secondary N) is 1. The second kappa shape index (κ2) is 7.66. The predicted molar refractivity (Wildman–Crippen MR) is 129 cm³/mol. The monoisotopic (exact) mass is 448 g/mol. The fourth-order valence-corrected chi connectivity index (χ4v) is 4.72. The molecule has 1 aliphatic heterocycles. The number of fused-ring (bicyclic) bond motifs is 2. The molecule has 0 radical (unpaired) electrons. The molecule has 33 heavy (non-hydrogen) atoms. The number of hydrogen-bond donors (Lipinski definition) is 2. The number of aromatic hydroxyl groups is 1. The van der Waals surface area contributed by atoms with Crippen LogP contribution in [0.5, 0.6) is 5.75 Å². The van der Waals surface area contributed by atoms with E-state index in [9.17, 15) is 9.50 Å². The van der Waals surface area contributed by atoms with Gasteiger partial charge in [-0.25, -0.2) is 14.4 Å². The Labute approximate surface area is 192 Å². The molecule has 0 spiro atoms. The van der Waals surface area contributed by atoms with E-state index in [0.717, 1.165) is 41.8 Å². The molecule has 3 heterocycles. The summed E-state index contributed by atoms with van der Waals surface area (Å²) in [4.78, 5) is 11.7. The standard InChI is InChI=1S/C25H29FN6O/c1-14-18-11-17(32-9-8-16(13-32)29-25(2,3)4)6-7-20(18)28-24(27-14)19-10-15-12-31(5)30-22(15)21(26)23(19)33/h6-7,10-12,16,29,33H,8-9,13H2,1-5H3/t16-/m1/s1. The van der Waals surface area contributed by atoms with Gasteiger partial charge in [-0.2, -0.15) is 5.10 Å². The first-order chi connectivity index (χ1) is 15.6. The van der Waals surface area contributed by atoms with E-state index in [2.05, 4.69) is 58.2 Å². The van der Waals surface area contributed by atoms with Crippen LogP contribution >= 0.6 is 0 Å². The largest absolute Gasteiger partial charge is 0.504 e. The van der Waals surface area contributed by atoms with Crippen molar-refractivity contribution in [3.05, 3.63) is 42.0 Å². The third-order valence-electron chi connectivity index (χ3n) is 6.13. The summed E-state index contributed by atoms with van der Waals surface area (Å²) in [5.41, 5.74) is 3.17. The minimum Gasteiger partial charge on any atom is -0.504 e. The Morgan fingerprint density at radius 3 is 2.73 bits per heavy atom. The Balaban J connectivity index is 1.50. The van der Waals surface area contributed by atoms with E-state index in [1.165, 1.54) is 4.68 Å². The molecule has 8 heteroatoms. The summed E-state index contributed by atoms with van der Waals surface area (Å²) in [6, 6.07) is 8.31. The zero-order valence-corrected chi connectivity index (χ0v) is 19.6. The lowest BCUT2D eigenvalue weighted by Gasteiger charge is -2.26. The smallest absolute Gasteiger partial charge is 0.193 e. The van der Waals surface area contributed by atoms with Crippen LogP contribution in [0.4, 0.5) is 10.1 Å². The zero-order chi connectivity index (χ0) is 23.5. The summed E-state index contributed by atoms with van der Waals surface area (Å²) in [6.07, 6.45) is 2.81. The average molecular weight is 449 g/mol. The van der Waals surface area contributed by atoms with Gasteiger partial charge >= 0.3 is 0 Å². The SMILES string of the molecule is Cc1nc(-c2cc3cn(C)nc3c(F)c2O)nc2ccc(N3CC[C@@H](NC(C)(C)C)C3)cc12. The molecule has 0 bridgehead atoms. The predicted octanol–water partition coefficient (Wildman–Crippen LogP) is 4.30. The highest BCUT2D eigenvalue weighted by Gasteiger charge is 2.26. The van der Waals surface area contributed by atoms with E-state index >= 15 is 0 Å². The van der Waals surface area contributed by atoms with E-state index in [-0.39, 0.29) is 16.6 Å². The number of nitrogens with zero attached hydrogens (tertiary/aromatic N) is 5. The van der Waals surface area contributed by atoms with Crippen LogP contribution in [-0.2, 0) is 7.05 Å². The van der Waals surface area contributed by atoms with Gasteiger partial charge in [0.05, 0.1) is 11.1 Å². The second-order valence-corrected chi connectivity index (χ2v) is 9.99. The van der Waals surface area contributed by atoms with Crippen LogP contribution < -0.4 is 10.2 Å². The summed E-state index contributed by atoms with van der Waals surface area (Å²) in [7, 11) is 1.71. The average Bonchev–Trinajstić information content (AvgIpc) is 3.35. The number of anilines is 1. The van der Waals surface area contributed by atoms with Gasteiger partial charge in [0.25, 0.3) is 0 Å². The van der Waals surface area contributed by atoms with Crippen LogP contribution in [0, 0.1) is 12.7 Å². The number of aromatic nitrogens is 4. The van der Waals surface area contributed by atoms with Crippen molar-refractivity contribution in [1.29, 1.82) is 0 Å². The molecule has 0 aliphatic carbocycles. The van der Waals surface area contributed by atoms with Gasteiger partial charge < -0.3 is 15.3 Å². The van der Waals surface area contributed by atoms with Gasteiger partial charge in [0, 0.05) is 60.1 Å². The number of hydrogen-bond acceptors (Lipinski definition) is 6. The molecule has 2 aromatic carbocycles. The van der Waals surface area contributed by atoms with Crippen molar-refractivity contribution < 1.29 is 9.50 Å². The molecule has 1 atom stereocenters. The molecule has 172 valence electrons. The number of halogens is 1. The van der Waals surface area contributed by atoms with Crippen molar-refractivity contribution in [2.24, 2.45) is 7.05 Å². The van der Waals surface area contributed by atoms with Gasteiger partial charge in [0.1, 0.15) is 5.52 Å². The topological polar surface area (TPSA) is 79.1 Å². The molecule has 0 amide bonds. The Hall–Kier alpha value is -3.26. The quantitative estimate of drug-likeness (QED) is 0.486. The van der Waals surface area contributed by atoms with Crippen molar-refractivity contribution in [2.45, 2.75) is 45.7 Å². The number of phenolic OH excluding ortho intramolecular Hbond substituents is 1. The van der Waals surface area contributed by atoms with E-state index in [0.29, 0.717) is 17.3 Å². The first-order valence-corrected chi connectivity index (χ1v) is 11.3. The highest BCUT2D eigenvalue weighted by Crippen LogP contribution is 2.36. The summed E-state index contributed by atoms with van der Waals surface area (Å²) in [6.45, 7) is 10.5. The van der Waals surface area contributed by atoms with Crippen LogP contribution in [-0.4, -0.2) is 49.5 Å². The van der Waals surface area contributed by atoms with E-state index < -0.39 is 11.6 Å². The number of rotatable bonds is 3. The summed E-state index contributed by atoms with van der Waals surface area (Å²) in [5.74, 6) is -0.941. The van der Waals surface area contributed by atoms with Crippen LogP contribution in [0.25, 0.3) is 33.2 Å². The first-order valence-electron chi connectivity index (χ1n) is 11.3. The van der Waals surface area contributed by atoms with Gasteiger partial charge in [-0.05, 0) is 58.4 Å². The van der Waals surface area contributed by atoms with Crippen LogP contribution in [0.2, 0.25) is 0 Å². The van der Waals surface area contributed by atoms with Crippen molar-refractivity contribution in [3.8, 4) is 17.1 Å². The molecular formula is C25H29FN6O. The van der Waals surface area contributed by atoms with Crippen molar-refractivity contribution >= 4 is 27.5 Å². The fourth-order valence-electron chi connectivity index (χ4n) is 4.72. The van der Waals surface area contributed by atoms with Gasteiger partial charge in [0.15, 0.2) is 17.4 Å². The van der Waals surface area contributed by atoms with E-state index in [1.54, 1.807) is 19.3 Å². The van der Waals surface area contributed by atoms with Gasteiger partial charge in [-0.3, -0.25) is 4.68 Å². The second-order valence-electron chi connectivity index (χ2n) is 9.99. The number of aryl methyl sites for hydroxylation is 2. The maximum Gasteiger partial charge on any atom is 0.193 e. The molecule has 1 fully saturated rings. The Morgan fingerprint density at radius 2 is 1.97 bits per heavy atom. The third kappa shape index (κ3) is 3.99. The van der Waals surface area contributed by atoms with Gasteiger partial charge in [-0.15, -0.1) is 0 Å². The first kappa shape index (κ1) is 21.6. The molecule has 7 nitrogen and oxygen atoms in total. The minimum atomic E-state index is -0.757. The zero-order valence-electron chi connectivity index (χ0n) is 19.6. The maximum atomic E-state index is 14.7. The lowest BCUT2D eigenvalue weighted by Crippen LogP contribution is -2.44. The molecule has 5 rings (SSSR count). The molecule has 4 aromatic rings. The van der Waals surface area contributed by atoms with Crippen LogP contribution in [0.15, 0.2) is 30.5 Å². The van der Waals surface area contributed by atoms with Crippen molar-refractivity contribution in [3.63, 3.8) is 0 Å². The number of benzene rings is 2. The maximum absolute atomic E-state index is 14.7. The van der Waals surface area contributed by atoms with Gasteiger partial charge in [0.2, 0.25) is 0 Å². The highest BCUT2D eigenvalue weighted by molar-refractivity contribution is 5.90. The lowest BCUT2D eigenvalue weighted by molar-refractivity contribution is 0.373. The molecule has 0 unspecified atom stereocenters. The molecule has 2 N–H and O–H groups in total. The normalized spacial score (nSPS) is 16.9. The van der Waals surface area contributed by atoms with Gasteiger partial charge in [-0.1, -0.05) is 0 Å². The fraction of sp³-hybridized carbons (Fsp3) is 0.400. The third-order valence-corrected chi connectivity index (χ3v) is 6.13. The highest BCUT2D eigenvalue weighted by atomic mass is 19.1. The molecule has 1 aliphatic rings. The Kier molecular flexibility index (Phi) is 5.01. The van der Waals surface area contributed by atoms with Crippen molar-refractivity contribution in [1.82, 2.24) is 25.1 Å². The summed E-state index contributed by atoms with van der Waals surface area (Å²) < 4.78 is 16.3. The molecular weight excluding hydrogens is 419 g/mol. The summed E-state index contributed by atoms with van der Waals surface area (Å²) >= 11 is 0. The van der Waals surface area contributed by atoms with Crippen molar-refractivity contribution in [2.75, 3.05) is 18.0 Å². The van der Waals surface area contributed by atoms with E-state index in [1.807, 2.05) is 13.0 Å². The van der Waals surface area contributed by atoms with E-state index in [4.69, 9.17) is 0 Å². The molecule has 1 saturated heterocycles. The van der Waals surface area contributed by atoms with Crippen LogP contribution in [0.1, 0.15) is 32.9 Å². The lowest BCUT2D eigenvalue weighted by atomic mass is 10.1. The molecule has 0 saturated carbocycles. The molecule has 2 aromatic heterocycles.